The van der Waals surface area contributed by atoms with Gasteiger partial charge in [-0.25, -0.2) is 10.2 Å². The summed E-state index contributed by atoms with van der Waals surface area (Å²) in [5, 5.41) is 12.6. The molecule has 2 N–H and O–H groups in total. The van der Waals surface area contributed by atoms with Gasteiger partial charge >= 0.3 is 5.97 Å². The van der Waals surface area contributed by atoms with Gasteiger partial charge in [-0.3, -0.25) is 4.79 Å². The van der Waals surface area contributed by atoms with E-state index < -0.39 is 12.6 Å². The molecule has 0 spiro atoms. The lowest BCUT2D eigenvalue weighted by molar-refractivity contribution is -0.139. The number of rotatable bonds is 7. The Labute approximate surface area is 144 Å². The van der Waals surface area contributed by atoms with Gasteiger partial charge in [0.05, 0.1) is 12.8 Å². The third-order valence-corrected chi connectivity index (χ3v) is 3.31. The molecular formula is C18H18N2O5. The highest BCUT2D eigenvalue weighted by atomic mass is 16.5. The first kappa shape index (κ1) is 18.0. The number of ether oxygens (including phenoxy) is 2. The molecule has 0 aliphatic rings. The molecule has 7 heteroatoms. The fourth-order valence-electron chi connectivity index (χ4n) is 1.94. The first-order valence-corrected chi connectivity index (χ1v) is 7.43. The molecule has 2 aromatic carbocycles. The van der Waals surface area contributed by atoms with Crippen LogP contribution in [0.15, 0.2) is 53.6 Å². The molecule has 0 saturated carbocycles. The number of nitrogens with zero attached hydrogens (tertiary/aromatic N) is 1. The third-order valence-electron chi connectivity index (χ3n) is 3.31. The molecule has 0 unspecified atom stereocenters. The van der Waals surface area contributed by atoms with Gasteiger partial charge in [-0.05, 0) is 61.0 Å². The highest BCUT2D eigenvalue weighted by Crippen LogP contribution is 2.13. The fraction of sp³-hybridized carbons (Fsp3) is 0.167. The molecule has 0 saturated heterocycles. The van der Waals surface area contributed by atoms with E-state index in [2.05, 4.69) is 10.5 Å². The SMILES string of the molecule is COc1ccc(C(=O)N/N=C(/C)c2ccc(OCC(=O)O)cc2)cc1. The summed E-state index contributed by atoms with van der Waals surface area (Å²) in [4.78, 5) is 22.5. The molecule has 2 rings (SSSR count). The van der Waals surface area contributed by atoms with Gasteiger partial charge in [-0.2, -0.15) is 5.10 Å². The lowest BCUT2D eigenvalue weighted by Crippen LogP contribution is -2.19. The summed E-state index contributed by atoms with van der Waals surface area (Å²) in [7, 11) is 1.56. The second-order valence-electron chi connectivity index (χ2n) is 5.07. The van der Waals surface area contributed by atoms with Crippen molar-refractivity contribution < 1.29 is 24.2 Å². The summed E-state index contributed by atoms with van der Waals surface area (Å²) in [5.41, 5.74) is 4.34. The van der Waals surface area contributed by atoms with Gasteiger partial charge in [0.15, 0.2) is 6.61 Å². The van der Waals surface area contributed by atoms with Crippen molar-refractivity contribution in [1.82, 2.24) is 5.43 Å². The van der Waals surface area contributed by atoms with Gasteiger partial charge in [0.2, 0.25) is 0 Å². The number of benzene rings is 2. The minimum atomic E-state index is -1.04. The molecule has 0 aromatic heterocycles. The predicted molar refractivity (Wildman–Crippen MR) is 92.2 cm³/mol. The Morgan fingerprint density at radius 2 is 1.56 bits per heavy atom. The molecule has 0 radical (unpaired) electrons. The van der Waals surface area contributed by atoms with E-state index in [0.29, 0.717) is 22.8 Å². The smallest absolute Gasteiger partial charge is 0.341 e. The molecule has 1 amide bonds. The summed E-state index contributed by atoms with van der Waals surface area (Å²) >= 11 is 0. The topological polar surface area (TPSA) is 97.2 Å². The van der Waals surface area contributed by atoms with Crippen LogP contribution < -0.4 is 14.9 Å². The van der Waals surface area contributed by atoms with E-state index in [9.17, 15) is 9.59 Å². The maximum absolute atomic E-state index is 12.0. The van der Waals surface area contributed by atoms with Crippen molar-refractivity contribution >= 4 is 17.6 Å². The molecular weight excluding hydrogens is 324 g/mol. The van der Waals surface area contributed by atoms with Crippen LogP contribution in [0.5, 0.6) is 11.5 Å². The summed E-state index contributed by atoms with van der Waals surface area (Å²) in [6, 6.07) is 13.4. The van der Waals surface area contributed by atoms with Gasteiger partial charge in [-0.15, -0.1) is 0 Å². The summed E-state index contributed by atoms with van der Waals surface area (Å²) in [6.45, 7) is 1.35. The zero-order valence-electron chi connectivity index (χ0n) is 13.9. The summed E-state index contributed by atoms with van der Waals surface area (Å²) in [5.74, 6) is -0.255. The number of aliphatic carboxylic acids is 1. The van der Waals surface area contributed by atoms with Crippen LogP contribution in [0.3, 0.4) is 0 Å². The van der Waals surface area contributed by atoms with E-state index >= 15 is 0 Å². The standard InChI is InChI=1S/C18H18N2O5/c1-12(13-3-9-16(10-4-13)25-11-17(21)22)19-20-18(23)14-5-7-15(24-2)8-6-14/h3-10H,11H2,1-2H3,(H,20,23)(H,21,22)/b19-12-. The number of nitrogens with one attached hydrogen (secondary N) is 1. The summed E-state index contributed by atoms with van der Waals surface area (Å²) in [6.07, 6.45) is 0. The minimum absolute atomic E-state index is 0.330. The Balaban J connectivity index is 1.97. The quantitative estimate of drug-likeness (QED) is 0.594. The zero-order valence-corrected chi connectivity index (χ0v) is 13.9. The number of carboxylic acids is 1. The van der Waals surface area contributed by atoms with Crippen LogP contribution in [-0.2, 0) is 4.79 Å². The van der Waals surface area contributed by atoms with Crippen LogP contribution in [0.4, 0.5) is 0 Å². The van der Waals surface area contributed by atoms with Crippen LogP contribution in [0.25, 0.3) is 0 Å². The average molecular weight is 342 g/mol. The largest absolute Gasteiger partial charge is 0.497 e. The van der Waals surface area contributed by atoms with Crippen LogP contribution in [0.1, 0.15) is 22.8 Å². The fourth-order valence-corrected chi connectivity index (χ4v) is 1.94. The van der Waals surface area contributed by atoms with Crippen molar-refractivity contribution in [3.8, 4) is 11.5 Å². The van der Waals surface area contributed by atoms with Crippen LogP contribution in [0, 0.1) is 0 Å². The number of hydrazone groups is 1. The van der Waals surface area contributed by atoms with Crippen LogP contribution in [0.2, 0.25) is 0 Å². The Morgan fingerprint density at radius 3 is 2.12 bits per heavy atom. The molecule has 0 atom stereocenters. The van der Waals surface area contributed by atoms with E-state index in [1.165, 1.54) is 0 Å². The van der Waals surface area contributed by atoms with Crippen molar-refractivity contribution in [2.24, 2.45) is 5.10 Å². The van der Waals surface area contributed by atoms with Crippen molar-refractivity contribution in [2.75, 3.05) is 13.7 Å². The number of methoxy groups -OCH3 is 1. The van der Waals surface area contributed by atoms with Crippen molar-refractivity contribution in [3.63, 3.8) is 0 Å². The number of carbonyl (C=O) groups is 2. The number of hydrogen-bond donors (Lipinski definition) is 2. The lowest BCUT2D eigenvalue weighted by Gasteiger charge is -2.06. The highest BCUT2D eigenvalue weighted by molar-refractivity contribution is 6.00. The maximum Gasteiger partial charge on any atom is 0.341 e. The van der Waals surface area contributed by atoms with Gasteiger partial charge < -0.3 is 14.6 Å². The minimum Gasteiger partial charge on any atom is -0.497 e. The van der Waals surface area contributed by atoms with Crippen LogP contribution >= 0.6 is 0 Å². The van der Waals surface area contributed by atoms with Crippen LogP contribution in [-0.4, -0.2) is 36.4 Å². The number of amides is 1. The molecule has 0 aliphatic carbocycles. The maximum atomic E-state index is 12.0. The normalized spacial score (nSPS) is 10.9. The molecule has 130 valence electrons. The van der Waals surface area contributed by atoms with Crippen molar-refractivity contribution in [3.05, 3.63) is 59.7 Å². The van der Waals surface area contributed by atoms with E-state index in [1.807, 2.05) is 0 Å². The molecule has 0 heterocycles. The van der Waals surface area contributed by atoms with Crippen molar-refractivity contribution in [1.29, 1.82) is 0 Å². The van der Waals surface area contributed by atoms with Gasteiger partial charge in [0, 0.05) is 5.56 Å². The number of carbonyl (C=O) groups excluding carboxylic acids is 1. The third kappa shape index (κ3) is 5.35. The molecule has 0 bridgehead atoms. The zero-order chi connectivity index (χ0) is 18.2. The molecule has 0 aliphatic heterocycles. The highest BCUT2D eigenvalue weighted by Gasteiger charge is 2.06. The van der Waals surface area contributed by atoms with Gasteiger partial charge in [-0.1, -0.05) is 0 Å². The predicted octanol–water partition coefficient (Wildman–Crippen LogP) is 2.31. The molecule has 2 aromatic rings. The molecule has 0 fully saturated rings. The Bertz CT molecular complexity index is 767. The van der Waals surface area contributed by atoms with E-state index in [0.717, 1.165) is 5.56 Å². The first-order valence-electron chi connectivity index (χ1n) is 7.43. The molecule has 25 heavy (non-hydrogen) atoms. The first-order chi connectivity index (χ1) is 12.0. The molecule has 7 nitrogen and oxygen atoms in total. The lowest BCUT2D eigenvalue weighted by atomic mass is 10.1. The van der Waals surface area contributed by atoms with E-state index in [4.69, 9.17) is 14.6 Å². The number of hydrogen-bond acceptors (Lipinski definition) is 5. The monoisotopic (exact) mass is 342 g/mol. The number of carboxylic acid groups (broad SMARTS) is 1. The Kier molecular flexibility index (Phi) is 6.11. The van der Waals surface area contributed by atoms with Gasteiger partial charge in [0.1, 0.15) is 11.5 Å². The Hall–Kier alpha value is -3.35. The van der Waals surface area contributed by atoms with E-state index in [1.54, 1.807) is 62.6 Å². The van der Waals surface area contributed by atoms with Crippen molar-refractivity contribution in [2.45, 2.75) is 6.92 Å². The van der Waals surface area contributed by atoms with E-state index in [-0.39, 0.29) is 5.91 Å². The average Bonchev–Trinajstić information content (AvgIpc) is 2.64. The second kappa shape index (κ2) is 8.49. The summed E-state index contributed by atoms with van der Waals surface area (Å²) < 4.78 is 10.1. The Morgan fingerprint density at radius 1 is 1.00 bits per heavy atom. The van der Waals surface area contributed by atoms with Gasteiger partial charge in [0.25, 0.3) is 5.91 Å². The second-order valence-corrected chi connectivity index (χ2v) is 5.07.